The molecule has 2 aliphatic rings. The highest BCUT2D eigenvalue weighted by molar-refractivity contribution is 5.79. The largest absolute Gasteiger partial charge is 0.464 e. The first kappa shape index (κ1) is 12.9. The van der Waals surface area contributed by atoms with Crippen LogP contribution < -0.4 is 0 Å². The Balaban J connectivity index is 2.12. The van der Waals surface area contributed by atoms with Gasteiger partial charge >= 0.3 is 5.97 Å². The fourth-order valence-corrected chi connectivity index (χ4v) is 3.78. The number of esters is 1. The highest BCUT2D eigenvalue weighted by Gasteiger charge is 2.51. The van der Waals surface area contributed by atoms with Crippen LogP contribution in [0.25, 0.3) is 0 Å². The molecule has 0 saturated heterocycles. The first-order chi connectivity index (χ1) is 8.09. The molecular weight excluding hydrogens is 216 g/mol. The van der Waals surface area contributed by atoms with Gasteiger partial charge in [-0.1, -0.05) is 26.2 Å². The summed E-state index contributed by atoms with van der Waals surface area (Å²) in [5, 5.41) is 10.6. The molecule has 2 rings (SSSR count). The topological polar surface area (TPSA) is 46.5 Å². The molecule has 98 valence electrons. The van der Waals surface area contributed by atoms with Gasteiger partial charge in [0, 0.05) is 0 Å². The second-order valence-electron chi connectivity index (χ2n) is 5.68. The molecule has 0 amide bonds. The molecule has 0 aromatic rings. The maximum atomic E-state index is 11.9. The Morgan fingerprint density at radius 1 is 1.35 bits per heavy atom. The highest BCUT2D eigenvalue weighted by Crippen LogP contribution is 2.48. The lowest BCUT2D eigenvalue weighted by Gasteiger charge is -2.47. The van der Waals surface area contributed by atoms with Gasteiger partial charge in [0.2, 0.25) is 0 Å². The maximum absolute atomic E-state index is 11.9. The van der Waals surface area contributed by atoms with Crippen LogP contribution in [0, 0.1) is 17.8 Å². The quantitative estimate of drug-likeness (QED) is 0.754. The second-order valence-corrected chi connectivity index (χ2v) is 5.68. The zero-order valence-corrected chi connectivity index (χ0v) is 10.9. The summed E-state index contributed by atoms with van der Waals surface area (Å²) >= 11 is 0. The van der Waals surface area contributed by atoms with Crippen LogP contribution in [-0.2, 0) is 9.53 Å². The predicted molar refractivity (Wildman–Crippen MR) is 65.4 cm³/mol. The van der Waals surface area contributed by atoms with Gasteiger partial charge in [-0.15, -0.1) is 0 Å². The van der Waals surface area contributed by atoms with E-state index in [2.05, 4.69) is 0 Å². The normalized spacial score (nSPS) is 41.7. The summed E-state index contributed by atoms with van der Waals surface area (Å²) in [6.07, 6.45) is 6.54. The number of carbonyl (C=O) groups is 1. The van der Waals surface area contributed by atoms with Gasteiger partial charge in [-0.05, 0) is 43.9 Å². The zero-order valence-electron chi connectivity index (χ0n) is 10.9. The number of rotatable bonds is 2. The number of hydrogen-bond donors (Lipinski definition) is 1. The van der Waals surface area contributed by atoms with Gasteiger partial charge in [0.15, 0.2) is 5.60 Å². The molecule has 0 spiro atoms. The van der Waals surface area contributed by atoms with Gasteiger partial charge < -0.3 is 9.84 Å². The van der Waals surface area contributed by atoms with Crippen LogP contribution >= 0.6 is 0 Å². The summed E-state index contributed by atoms with van der Waals surface area (Å²) in [5.41, 5.74) is -1.23. The van der Waals surface area contributed by atoms with E-state index in [1.165, 1.54) is 19.3 Å². The Bertz CT molecular complexity index is 289. The monoisotopic (exact) mass is 240 g/mol. The van der Waals surface area contributed by atoms with E-state index < -0.39 is 11.6 Å². The third-order valence-electron chi connectivity index (χ3n) is 4.89. The van der Waals surface area contributed by atoms with Crippen molar-refractivity contribution in [2.45, 2.75) is 58.0 Å². The third-order valence-corrected chi connectivity index (χ3v) is 4.89. The van der Waals surface area contributed by atoms with Gasteiger partial charge in [-0.2, -0.15) is 0 Å². The van der Waals surface area contributed by atoms with Gasteiger partial charge in [0.1, 0.15) is 0 Å². The Morgan fingerprint density at radius 3 is 2.76 bits per heavy atom. The molecule has 2 fully saturated rings. The van der Waals surface area contributed by atoms with E-state index >= 15 is 0 Å². The second kappa shape index (κ2) is 4.97. The Morgan fingerprint density at radius 2 is 2.06 bits per heavy atom. The van der Waals surface area contributed by atoms with Crippen molar-refractivity contribution in [2.75, 3.05) is 6.61 Å². The summed E-state index contributed by atoms with van der Waals surface area (Å²) in [7, 11) is 0. The Kier molecular flexibility index (Phi) is 3.76. The van der Waals surface area contributed by atoms with Gasteiger partial charge in [-0.3, -0.25) is 0 Å². The summed E-state index contributed by atoms with van der Waals surface area (Å²) in [4.78, 5) is 11.9. The average molecular weight is 240 g/mol. The van der Waals surface area contributed by atoms with E-state index in [0.29, 0.717) is 24.9 Å². The van der Waals surface area contributed by atoms with Crippen molar-refractivity contribution in [3.63, 3.8) is 0 Å². The molecule has 17 heavy (non-hydrogen) atoms. The van der Waals surface area contributed by atoms with Crippen LogP contribution in [0.4, 0.5) is 0 Å². The summed E-state index contributed by atoms with van der Waals surface area (Å²) in [5.74, 6) is 0.859. The van der Waals surface area contributed by atoms with Gasteiger partial charge in [0.05, 0.1) is 6.61 Å². The van der Waals surface area contributed by atoms with Crippen molar-refractivity contribution < 1.29 is 14.6 Å². The van der Waals surface area contributed by atoms with Crippen LogP contribution in [0.5, 0.6) is 0 Å². The van der Waals surface area contributed by atoms with Gasteiger partial charge in [-0.25, -0.2) is 4.79 Å². The first-order valence-electron chi connectivity index (χ1n) is 6.99. The molecule has 0 aromatic heterocycles. The average Bonchev–Trinajstić information content (AvgIpc) is 2.35. The number of hydrogen-bond acceptors (Lipinski definition) is 3. The smallest absolute Gasteiger partial charge is 0.338 e. The summed E-state index contributed by atoms with van der Waals surface area (Å²) < 4.78 is 5.05. The fourth-order valence-electron chi connectivity index (χ4n) is 3.78. The number of aliphatic hydroxyl groups is 1. The SMILES string of the molecule is CCOC(=O)C1(O)CCC2CCCCC2C1C. The van der Waals surface area contributed by atoms with Crippen LogP contribution in [0.3, 0.4) is 0 Å². The Labute approximate surface area is 104 Å². The summed E-state index contributed by atoms with van der Waals surface area (Å²) in [6.45, 7) is 4.17. The van der Waals surface area contributed by atoms with E-state index in [1.807, 2.05) is 6.92 Å². The number of fused-ring (bicyclic) bond motifs is 1. The molecule has 4 unspecified atom stereocenters. The molecule has 2 aliphatic carbocycles. The van der Waals surface area contributed by atoms with Crippen LogP contribution in [-0.4, -0.2) is 23.3 Å². The van der Waals surface area contributed by atoms with Crippen molar-refractivity contribution in [1.82, 2.24) is 0 Å². The fraction of sp³-hybridized carbons (Fsp3) is 0.929. The molecule has 3 heteroatoms. The Hall–Kier alpha value is -0.570. The molecule has 0 heterocycles. The van der Waals surface area contributed by atoms with Crippen molar-refractivity contribution in [2.24, 2.45) is 17.8 Å². The van der Waals surface area contributed by atoms with Crippen LogP contribution in [0.15, 0.2) is 0 Å². The minimum atomic E-state index is -1.23. The van der Waals surface area contributed by atoms with Crippen molar-refractivity contribution >= 4 is 5.97 Å². The van der Waals surface area contributed by atoms with Gasteiger partial charge in [0.25, 0.3) is 0 Å². The number of ether oxygens (including phenoxy) is 1. The molecule has 3 nitrogen and oxygen atoms in total. The van der Waals surface area contributed by atoms with Crippen molar-refractivity contribution in [3.05, 3.63) is 0 Å². The predicted octanol–water partition coefficient (Wildman–Crippen LogP) is 2.52. The standard InChI is InChI=1S/C14H24O3/c1-3-17-13(15)14(16)9-8-11-6-4-5-7-12(11)10(14)2/h10-12,16H,3-9H2,1-2H3. The molecule has 0 aliphatic heterocycles. The third kappa shape index (κ3) is 2.22. The molecule has 0 aromatic carbocycles. The minimum absolute atomic E-state index is 0.0422. The van der Waals surface area contributed by atoms with E-state index in [0.717, 1.165) is 12.8 Å². The van der Waals surface area contributed by atoms with Crippen molar-refractivity contribution in [1.29, 1.82) is 0 Å². The first-order valence-corrected chi connectivity index (χ1v) is 6.99. The zero-order chi connectivity index (χ0) is 12.5. The van der Waals surface area contributed by atoms with E-state index in [1.54, 1.807) is 6.92 Å². The molecular formula is C14H24O3. The maximum Gasteiger partial charge on any atom is 0.338 e. The lowest BCUT2D eigenvalue weighted by molar-refractivity contribution is -0.182. The minimum Gasteiger partial charge on any atom is -0.464 e. The van der Waals surface area contributed by atoms with E-state index in [4.69, 9.17) is 4.74 Å². The molecule has 1 N–H and O–H groups in total. The number of carbonyl (C=O) groups excluding carboxylic acids is 1. The van der Waals surface area contributed by atoms with E-state index in [9.17, 15) is 9.90 Å². The lowest BCUT2D eigenvalue weighted by Crippen LogP contribution is -2.53. The summed E-state index contributed by atoms with van der Waals surface area (Å²) in [6, 6.07) is 0. The molecule has 0 radical (unpaired) electrons. The van der Waals surface area contributed by atoms with Crippen LogP contribution in [0.2, 0.25) is 0 Å². The molecule has 2 saturated carbocycles. The molecule has 4 atom stereocenters. The van der Waals surface area contributed by atoms with Crippen LogP contribution in [0.1, 0.15) is 52.4 Å². The highest BCUT2D eigenvalue weighted by atomic mass is 16.5. The van der Waals surface area contributed by atoms with E-state index in [-0.39, 0.29) is 5.92 Å². The lowest BCUT2D eigenvalue weighted by atomic mass is 9.60. The molecule has 0 bridgehead atoms. The van der Waals surface area contributed by atoms with Crippen molar-refractivity contribution in [3.8, 4) is 0 Å².